The number of aliphatic hydroxyl groups excluding tert-OH is 2. The molecule has 1 aliphatic carbocycles. The number of rotatable bonds is 7. The standard InChI is InChI=1S/C21H26N4O3/c1-25-12-15(16-4-2-3-5-17(16)25)10-23-13-21(8-18(26)19(27)9-21)14-28-20-11-22-6-7-24-20/h2-7,11-12,18-19,23,26-27H,8-10,13-14H2,1H3. The van der Waals surface area contributed by atoms with E-state index < -0.39 is 12.2 Å². The van der Waals surface area contributed by atoms with Crippen molar-refractivity contribution in [2.75, 3.05) is 13.2 Å². The third-order valence-corrected chi connectivity index (χ3v) is 5.59. The van der Waals surface area contributed by atoms with Crippen molar-refractivity contribution in [1.29, 1.82) is 0 Å². The number of nitrogens with zero attached hydrogens (tertiary/aromatic N) is 3. The highest BCUT2D eigenvalue weighted by Gasteiger charge is 2.44. The van der Waals surface area contributed by atoms with Gasteiger partial charge < -0.3 is 24.8 Å². The molecular formula is C21H26N4O3. The molecule has 0 amide bonds. The summed E-state index contributed by atoms with van der Waals surface area (Å²) < 4.78 is 7.95. The Labute approximate surface area is 164 Å². The molecule has 7 heteroatoms. The van der Waals surface area contributed by atoms with Crippen LogP contribution in [0.4, 0.5) is 0 Å². The Morgan fingerprint density at radius 2 is 2.00 bits per heavy atom. The number of ether oxygens (including phenoxy) is 1. The zero-order chi connectivity index (χ0) is 19.6. The van der Waals surface area contributed by atoms with Crippen molar-refractivity contribution in [2.24, 2.45) is 12.5 Å². The molecule has 2 heterocycles. The summed E-state index contributed by atoms with van der Waals surface area (Å²) in [5, 5.41) is 25.0. The quantitative estimate of drug-likeness (QED) is 0.575. The van der Waals surface area contributed by atoms with Gasteiger partial charge in [0.2, 0.25) is 5.88 Å². The summed E-state index contributed by atoms with van der Waals surface area (Å²) >= 11 is 0. The number of hydrogen-bond donors (Lipinski definition) is 3. The van der Waals surface area contributed by atoms with E-state index in [4.69, 9.17) is 4.74 Å². The van der Waals surface area contributed by atoms with Crippen LogP contribution in [0.1, 0.15) is 18.4 Å². The molecule has 0 radical (unpaired) electrons. The first-order valence-corrected chi connectivity index (χ1v) is 9.55. The van der Waals surface area contributed by atoms with Crippen molar-refractivity contribution in [3.05, 3.63) is 54.6 Å². The Balaban J connectivity index is 1.44. The number of nitrogens with one attached hydrogen (secondary N) is 1. The van der Waals surface area contributed by atoms with Crippen molar-refractivity contribution in [1.82, 2.24) is 19.9 Å². The lowest BCUT2D eigenvalue weighted by molar-refractivity contribution is 0.0438. The van der Waals surface area contributed by atoms with Gasteiger partial charge in [0, 0.05) is 55.0 Å². The summed E-state index contributed by atoms with van der Waals surface area (Å²) in [6.07, 6.45) is 6.39. The van der Waals surface area contributed by atoms with E-state index in [1.54, 1.807) is 18.6 Å². The van der Waals surface area contributed by atoms with Crippen LogP contribution in [0.3, 0.4) is 0 Å². The maximum absolute atomic E-state index is 10.1. The summed E-state index contributed by atoms with van der Waals surface area (Å²) in [5.41, 5.74) is 2.06. The Kier molecular flexibility index (Phi) is 5.30. The molecule has 0 spiro atoms. The highest BCUT2D eigenvalue weighted by Crippen LogP contribution is 2.38. The molecule has 3 N–H and O–H groups in total. The minimum Gasteiger partial charge on any atom is -0.476 e. The van der Waals surface area contributed by atoms with Crippen LogP contribution >= 0.6 is 0 Å². The summed E-state index contributed by atoms with van der Waals surface area (Å²) in [6, 6.07) is 8.33. The fourth-order valence-electron chi connectivity index (χ4n) is 4.17. The monoisotopic (exact) mass is 382 g/mol. The molecule has 0 aliphatic heterocycles. The number of benzene rings is 1. The van der Waals surface area contributed by atoms with E-state index >= 15 is 0 Å². The largest absolute Gasteiger partial charge is 0.476 e. The third-order valence-electron chi connectivity index (χ3n) is 5.59. The lowest BCUT2D eigenvalue weighted by atomic mass is 9.86. The lowest BCUT2D eigenvalue weighted by Crippen LogP contribution is -2.38. The molecule has 4 rings (SSSR count). The molecule has 1 aliphatic rings. The molecule has 0 saturated heterocycles. The summed E-state index contributed by atoms with van der Waals surface area (Å²) in [7, 11) is 2.05. The van der Waals surface area contributed by atoms with Crippen LogP contribution in [0.15, 0.2) is 49.1 Å². The molecule has 1 aromatic carbocycles. The second-order valence-corrected chi connectivity index (χ2v) is 7.76. The zero-order valence-electron chi connectivity index (χ0n) is 16.0. The topological polar surface area (TPSA) is 92.4 Å². The highest BCUT2D eigenvalue weighted by molar-refractivity contribution is 5.83. The van der Waals surface area contributed by atoms with E-state index in [0.29, 0.717) is 38.4 Å². The fourth-order valence-corrected chi connectivity index (χ4v) is 4.17. The van der Waals surface area contributed by atoms with E-state index in [1.807, 2.05) is 19.2 Å². The van der Waals surface area contributed by atoms with Gasteiger partial charge in [0.05, 0.1) is 25.0 Å². The van der Waals surface area contributed by atoms with E-state index in [1.165, 1.54) is 16.5 Å². The first-order chi connectivity index (χ1) is 13.6. The first-order valence-electron chi connectivity index (χ1n) is 9.55. The predicted molar refractivity (Wildman–Crippen MR) is 106 cm³/mol. The Morgan fingerprint density at radius 1 is 1.21 bits per heavy atom. The maximum Gasteiger partial charge on any atom is 0.232 e. The second-order valence-electron chi connectivity index (χ2n) is 7.76. The van der Waals surface area contributed by atoms with Gasteiger partial charge in [0.25, 0.3) is 0 Å². The molecule has 2 aromatic heterocycles. The zero-order valence-corrected chi connectivity index (χ0v) is 16.0. The number of para-hydroxylation sites is 1. The van der Waals surface area contributed by atoms with Crippen molar-refractivity contribution in [3.63, 3.8) is 0 Å². The van der Waals surface area contributed by atoms with Gasteiger partial charge in [-0.05, 0) is 24.5 Å². The fraction of sp³-hybridized carbons (Fsp3) is 0.429. The van der Waals surface area contributed by atoms with E-state index in [9.17, 15) is 10.2 Å². The van der Waals surface area contributed by atoms with Crippen LogP contribution in [0.2, 0.25) is 0 Å². The van der Waals surface area contributed by atoms with Crippen molar-refractivity contribution in [3.8, 4) is 5.88 Å². The van der Waals surface area contributed by atoms with Gasteiger partial charge in [-0.3, -0.25) is 4.98 Å². The van der Waals surface area contributed by atoms with Crippen LogP contribution in [-0.2, 0) is 13.6 Å². The van der Waals surface area contributed by atoms with Gasteiger partial charge in [-0.25, -0.2) is 4.98 Å². The minimum atomic E-state index is -0.732. The van der Waals surface area contributed by atoms with Crippen LogP contribution in [-0.4, -0.2) is 50.1 Å². The van der Waals surface area contributed by atoms with E-state index in [-0.39, 0.29) is 5.41 Å². The van der Waals surface area contributed by atoms with Crippen molar-refractivity contribution < 1.29 is 14.9 Å². The summed E-state index contributed by atoms with van der Waals surface area (Å²) in [5.74, 6) is 0.451. The molecule has 1 fully saturated rings. The van der Waals surface area contributed by atoms with Crippen LogP contribution in [0, 0.1) is 5.41 Å². The van der Waals surface area contributed by atoms with Gasteiger partial charge in [-0.2, -0.15) is 0 Å². The Bertz CT molecular complexity index is 918. The van der Waals surface area contributed by atoms with Gasteiger partial charge in [-0.15, -0.1) is 0 Å². The molecule has 7 nitrogen and oxygen atoms in total. The molecule has 3 aromatic rings. The number of hydrogen-bond acceptors (Lipinski definition) is 6. The van der Waals surface area contributed by atoms with Gasteiger partial charge >= 0.3 is 0 Å². The Morgan fingerprint density at radius 3 is 2.75 bits per heavy atom. The van der Waals surface area contributed by atoms with Crippen LogP contribution in [0.25, 0.3) is 10.9 Å². The first kappa shape index (κ1) is 18.9. The van der Waals surface area contributed by atoms with E-state index in [2.05, 4.69) is 38.2 Å². The number of aromatic nitrogens is 3. The van der Waals surface area contributed by atoms with Gasteiger partial charge in [0.15, 0.2) is 0 Å². The molecule has 0 bridgehead atoms. The lowest BCUT2D eigenvalue weighted by Gasteiger charge is -2.29. The molecular weight excluding hydrogens is 356 g/mol. The van der Waals surface area contributed by atoms with Crippen molar-refractivity contribution >= 4 is 10.9 Å². The molecule has 1 saturated carbocycles. The average Bonchev–Trinajstić information content (AvgIpc) is 3.18. The minimum absolute atomic E-state index is 0.360. The van der Waals surface area contributed by atoms with Crippen LogP contribution < -0.4 is 10.1 Å². The highest BCUT2D eigenvalue weighted by atomic mass is 16.5. The SMILES string of the molecule is Cn1cc(CNCC2(COc3cnccn3)CC(O)C(O)C2)c2ccccc21. The normalized spacial score (nSPS) is 24.7. The molecule has 28 heavy (non-hydrogen) atoms. The second kappa shape index (κ2) is 7.87. The Hall–Kier alpha value is -2.48. The van der Waals surface area contributed by atoms with E-state index in [0.717, 1.165) is 0 Å². The predicted octanol–water partition coefficient (Wildman–Crippen LogP) is 1.64. The van der Waals surface area contributed by atoms with Crippen LogP contribution in [0.5, 0.6) is 5.88 Å². The molecule has 2 unspecified atom stereocenters. The number of aliphatic hydroxyl groups is 2. The number of fused-ring (bicyclic) bond motifs is 1. The third kappa shape index (κ3) is 3.87. The average molecular weight is 382 g/mol. The van der Waals surface area contributed by atoms with Crippen molar-refractivity contribution in [2.45, 2.75) is 31.6 Å². The smallest absolute Gasteiger partial charge is 0.232 e. The van der Waals surface area contributed by atoms with Gasteiger partial charge in [0.1, 0.15) is 0 Å². The van der Waals surface area contributed by atoms with Gasteiger partial charge in [-0.1, -0.05) is 18.2 Å². The summed E-state index contributed by atoms with van der Waals surface area (Å²) in [6.45, 7) is 1.70. The molecule has 2 atom stereocenters. The molecule has 148 valence electrons. The summed E-state index contributed by atoms with van der Waals surface area (Å²) in [4.78, 5) is 8.15. The number of aryl methyl sites for hydroxylation is 1. The maximum atomic E-state index is 10.1.